The van der Waals surface area contributed by atoms with Gasteiger partial charge in [-0.25, -0.2) is 4.79 Å². The molecule has 0 bridgehead atoms. The summed E-state index contributed by atoms with van der Waals surface area (Å²) in [7, 11) is 0. The molecule has 1 aromatic rings. The zero-order chi connectivity index (χ0) is 10.7. The van der Waals surface area contributed by atoms with Crippen LogP contribution in [0.2, 0.25) is 0 Å². The van der Waals surface area contributed by atoms with Crippen LogP contribution >= 0.6 is 0 Å². The van der Waals surface area contributed by atoms with Gasteiger partial charge in [-0.1, -0.05) is 0 Å². The SMILES string of the molecule is CCOC(=O)N(Cc1ccco1)C1CC1. The summed E-state index contributed by atoms with van der Waals surface area (Å²) in [6.07, 6.45) is 3.52. The molecular formula is C11H15NO3. The number of amides is 1. The lowest BCUT2D eigenvalue weighted by molar-refractivity contribution is 0.0987. The largest absolute Gasteiger partial charge is 0.467 e. The monoisotopic (exact) mass is 209 g/mol. The van der Waals surface area contributed by atoms with Gasteiger partial charge >= 0.3 is 6.09 Å². The van der Waals surface area contributed by atoms with Crippen molar-refractivity contribution in [2.75, 3.05) is 6.61 Å². The molecule has 1 aromatic heterocycles. The molecular weight excluding hydrogens is 194 g/mol. The van der Waals surface area contributed by atoms with E-state index in [0.717, 1.165) is 18.6 Å². The van der Waals surface area contributed by atoms with Crippen molar-refractivity contribution in [2.45, 2.75) is 32.4 Å². The zero-order valence-corrected chi connectivity index (χ0v) is 8.81. The predicted molar refractivity (Wildman–Crippen MR) is 54.3 cm³/mol. The van der Waals surface area contributed by atoms with Gasteiger partial charge in [-0.15, -0.1) is 0 Å². The van der Waals surface area contributed by atoms with Crippen LogP contribution in [-0.2, 0) is 11.3 Å². The van der Waals surface area contributed by atoms with Gasteiger partial charge in [0.1, 0.15) is 5.76 Å². The van der Waals surface area contributed by atoms with E-state index >= 15 is 0 Å². The summed E-state index contributed by atoms with van der Waals surface area (Å²) < 4.78 is 10.2. The first-order valence-corrected chi connectivity index (χ1v) is 5.27. The van der Waals surface area contributed by atoms with Crippen LogP contribution in [0.4, 0.5) is 4.79 Å². The third kappa shape index (κ3) is 2.52. The Morgan fingerprint density at radius 1 is 1.67 bits per heavy atom. The molecule has 4 heteroatoms. The molecule has 0 N–H and O–H groups in total. The minimum Gasteiger partial charge on any atom is -0.467 e. The third-order valence-electron chi connectivity index (χ3n) is 2.40. The predicted octanol–water partition coefficient (Wildman–Crippen LogP) is 2.40. The number of furan rings is 1. The molecule has 0 radical (unpaired) electrons. The van der Waals surface area contributed by atoms with Gasteiger partial charge in [-0.3, -0.25) is 4.90 Å². The average molecular weight is 209 g/mol. The van der Waals surface area contributed by atoms with Crippen LogP contribution in [0.25, 0.3) is 0 Å². The van der Waals surface area contributed by atoms with E-state index < -0.39 is 0 Å². The molecule has 1 aliphatic rings. The van der Waals surface area contributed by atoms with E-state index in [-0.39, 0.29) is 6.09 Å². The lowest BCUT2D eigenvalue weighted by Gasteiger charge is -2.19. The fourth-order valence-corrected chi connectivity index (χ4v) is 1.51. The number of carbonyl (C=O) groups excluding carboxylic acids is 1. The lowest BCUT2D eigenvalue weighted by Crippen LogP contribution is -2.32. The maximum Gasteiger partial charge on any atom is 0.410 e. The maximum absolute atomic E-state index is 11.6. The Morgan fingerprint density at radius 2 is 2.47 bits per heavy atom. The van der Waals surface area contributed by atoms with Crippen LogP contribution in [0.5, 0.6) is 0 Å². The summed E-state index contributed by atoms with van der Waals surface area (Å²) >= 11 is 0. The molecule has 4 nitrogen and oxygen atoms in total. The summed E-state index contributed by atoms with van der Waals surface area (Å²) in [6, 6.07) is 4.04. The molecule has 0 aliphatic heterocycles. The molecule has 1 heterocycles. The van der Waals surface area contributed by atoms with E-state index in [9.17, 15) is 4.79 Å². The van der Waals surface area contributed by atoms with Crippen LogP contribution < -0.4 is 0 Å². The van der Waals surface area contributed by atoms with Crippen molar-refractivity contribution < 1.29 is 13.9 Å². The Kier molecular flexibility index (Phi) is 2.94. The first kappa shape index (κ1) is 10.1. The van der Waals surface area contributed by atoms with Crippen molar-refractivity contribution in [1.82, 2.24) is 4.90 Å². The van der Waals surface area contributed by atoms with E-state index in [4.69, 9.17) is 9.15 Å². The van der Waals surface area contributed by atoms with Gasteiger partial charge in [0, 0.05) is 6.04 Å². The van der Waals surface area contributed by atoms with E-state index in [1.165, 1.54) is 0 Å². The smallest absolute Gasteiger partial charge is 0.410 e. The highest BCUT2D eigenvalue weighted by atomic mass is 16.6. The summed E-state index contributed by atoms with van der Waals surface area (Å²) in [4.78, 5) is 13.4. The van der Waals surface area contributed by atoms with Crippen LogP contribution in [-0.4, -0.2) is 23.6 Å². The summed E-state index contributed by atoms with van der Waals surface area (Å²) in [5.41, 5.74) is 0. The third-order valence-corrected chi connectivity index (χ3v) is 2.40. The Bertz CT molecular complexity index is 317. The molecule has 0 unspecified atom stereocenters. The molecule has 1 amide bonds. The highest BCUT2D eigenvalue weighted by Gasteiger charge is 2.33. The molecule has 1 aliphatic carbocycles. The molecule has 0 saturated heterocycles. The van der Waals surface area contributed by atoms with Gasteiger partial charge in [0.2, 0.25) is 0 Å². The second kappa shape index (κ2) is 4.38. The summed E-state index contributed by atoms with van der Waals surface area (Å²) in [5.74, 6) is 0.801. The molecule has 82 valence electrons. The second-order valence-electron chi connectivity index (χ2n) is 3.64. The Hall–Kier alpha value is -1.45. The van der Waals surface area contributed by atoms with Crippen molar-refractivity contribution in [3.63, 3.8) is 0 Å². The number of carbonyl (C=O) groups is 1. The van der Waals surface area contributed by atoms with Crippen LogP contribution in [0.3, 0.4) is 0 Å². The van der Waals surface area contributed by atoms with Crippen molar-refractivity contribution in [1.29, 1.82) is 0 Å². The number of rotatable bonds is 4. The summed E-state index contributed by atoms with van der Waals surface area (Å²) in [6.45, 7) is 2.74. The van der Waals surface area contributed by atoms with Gasteiger partial charge in [-0.2, -0.15) is 0 Å². The number of hydrogen-bond donors (Lipinski definition) is 0. The molecule has 0 spiro atoms. The quantitative estimate of drug-likeness (QED) is 0.764. The molecule has 0 atom stereocenters. The maximum atomic E-state index is 11.6. The fraction of sp³-hybridized carbons (Fsp3) is 0.545. The van der Waals surface area contributed by atoms with Crippen LogP contribution in [0.15, 0.2) is 22.8 Å². The molecule has 1 saturated carbocycles. The standard InChI is InChI=1S/C11H15NO3/c1-2-14-11(13)12(9-5-6-9)8-10-4-3-7-15-10/h3-4,7,9H,2,5-6,8H2,1H3. The minimum atomic E-state index is -0.239. The van der Waals surface area contributed by atoms with E-state index in [1.807, 2.05) is 19.1 Å². The first-order valence-electron chi connectivity index (χ1n) is 5.27. The Morgan fingerprint density at radius 3 is 3.00 bits per heavy atom. The molecule has 15 heavy (non-hydrogen) atoms. The van der Waals surface area contributed by atoms with Gasteiger partial charge in [0.05, 0.1) is 19.4 Å². The van der Waals surface area contributed by atoms with Crippen molar-refractivity contribution in [2.24, 2.45) is 0 Å². The van der Waals surface area contributed by atoms with Gasteiger partial charge in [0.15, 0.2) is 0 Å². The zero-order valence-electron chi connectivity index (χ0n) is 8.81. The van der Waals surface area contributed by atoms with E-state index in [2.05, 4.69) is 0 Å². The second-order valence-corrected chi connectivity index (χ2v) is 3.64. The number of ether oxygens (including phenoxy) is 1. The van der Waals surface area contributed by atoms with Crippen LogP contribution in [0.1, 0.15) is 25.5 Å². The number of nitrogens with zero attached hydrogens (tertiary/aromatic N) is 1. The fourth-order valence-electron chi connectivity index (χ4n) is 1.51. The molecule has 0 aromatic carbocycles. The molecule has 2 rings (SSSR count). The normalized spacial score (nSPS) is 15.0. The lowest BCUT2D eigenvalue weighted by atomic mass is 10.4. The topological polar surface area (TPSA) is 42.7 Å². The van der Waals surface area contributed by atoms with Crippen molar-refractivity contribution in [3.05, 3.63) is 24.2 Å². The van der Waals surface area contributed by atoms with Gasteiger partial charge in [0.25, 0.3) is 0 Å². The molecule has 1 fully saturated rings. The van der Waals surface area contributed by atoms with Crippen LogP contribution in [0, 0.1) is 0 Å². The average Bonchev–Trinajstić information content (AvgIpc) is 2.93. The Balaban J connectivity index is 1.97. The van der Waals surface area contributed by atoms with Gasteiger partial charge < -0.3 is 9.15 Å². The van der Waals surface area contributed by atoms with Crippen molar-refractivity contribution >= 4 is 6.09 Å². The summed E-state index contributed by atoms with van der Waals surface area (Å²) in [5, 5.41) is 0. The van der Waals surface area contributed by atoms with E-state index in [0.29, 0.717) is 19.2 Å². The Labute approximate surface area is 88.8 Å². The highest BCUT2D eigenvalue weighted by Crippen LogP contribution is 2.28. The van der Waals surface area contributed by atoms with Crippen molar-refractivity contribution in [3.8, 4) is 0 Å². The van der Waals surface area contributed by atoms with Gasteiger partial charge in [-0.05, 0) is 31.9 Å². The number of hydrogen-bond acceptors (Lipinski definition) is 3. The minimum absolute atomic E-state index is 0.239. The highest BCUT2D eigenvalue weighted by molar-refractivity contribution is 5.68. The first-order chi connectivity index (χ1) is 7.31. The van der Waals surface area contributed by atoms with E-state index in [1.54, 1.807) is 11.2 Å².